The number of nitrogens with one attached hydrogen (secondary N) is 1. The topological polar surface area (TPSA) is 64.6 Å². The molecule has 0 aromatic heterocycles. The summed E-state index contributed by atoms with van der Waals surface area (Å²) in [7, 11) is 0.0198. The average Bonchev–Trinajstić information content (AvgIpc) is 2.36. The second kappa shape index (κ2) is 6.35. The van der Waals surface area contributed by atoms with Crippen molar-refractivity contribution in [2.45, 2.75) is 25.5 Å². The second-order valence-electron chi connectivity index (χ2n) is 5.46. The van der Waals surface area contributed by atoms with E-state index in [-0.39, 0.29) is 5.75 Å². The van der Waals surface area contributed by atoms with E-state index in [2.05, 4.69) is 5.32 Å². The molecule has 1 aromatic carbocycles. The Morgan fingerprint density at radius 3 is 1.95 bits per heavy atom. The van der Waals surface area contributed by atoms with Crippen LogP contribution in [0.4, 0.5) is 5.69 Å². The maximum atomic E-state index is 12.0. The summed E-state index contributed by atoms with van der Waals surface area (Å²) in [6.07, 6.45) is 0. The van der Waals surface area contributed by atoms with Crippen molar-refractivity contribution in [2.75, 3.05) is 31.8 Å². The molecule has 0 aliphatic carbocycles. The van der Waals surface area contributed by atoms with Crippen LogP contribution < -0.4 is 14.8 Å². The van der Waals surface area contributed by atoms with E-state index in [0.717, 1.165) is 5.69 Å². The number of rotatable bonds is 6. The van der Waals surface area contributed by atoms with E-state index in [1.807, 2.05) is 0 Å². The molecule has 6 heteroatoms. The lowest BCUT2D eigenvalue weighted by molar-refractivity contribution is 0.394. The molecule has 0 amide bonds. The van der Waals surface area contributed by atoms with Crippen LogP contribution in [0.25, 0.3) is 0 Å². The van der Waals surface area contributed by atoms with Crippen molar-refractivity contribution in [3.63, 3.8) is 0 Å². The molecular formula is C14H23NO4S. The van der Waals surface area contributed by atoms with Gasteiger partial charge in [0.1, 0.15) is 11.5 Å². The Balaban J connectivity index is 2.72. The Bertz CT molecular complexity index is 525. The first-order chi connectivity index (χ1) is 9.19. The summed E-state index contributed by atoms with van der Waals surface area (Å²) >= 11 is 0. The van der Waals surface area contributed by atoms with E-state index in [1.165, 1.54) is 0 Å². The SMILES string of the molecule is COc1cc(NCCS(=O)(=O)C(C)(C)C)cc(OC)c1. The largest absolute Gasteiger partial charge is 0.497 e. The van der Waals surface area contributed by atoms with Gasteiger partial charge in [-0.05, 0) is 20.8 Å². The van der Waals surface area contributed by atoms with E-state index in [9.17, 15) is 8.42 Å². The lowest BCUT2D eigenvalue weighted by Gasteiger charge is -2.19. The fourth-order valence-corrected chi connectivity index (χ4v) is 2.53. The zero-order chi connectivity index (χ0) is 15.4. The molecule has 0 fully saturated rings. The lowest BCUT2D eigenvalue weighted by Crippen LogP contribution is -2.32. The number of methoxy groups -OCH3 is 2. The van der Waals surface area contributed by atoms with E-state index < -0.39 is 14.6 Å². The molecule has 5 nitrogen and oxygen atoms in total. The number of sulfone groups is 1. The highest BCUT2D eigenvalue weighted by molar-refractivity contribution is 7.92. The highest BCUT2D eigenvalue weighted by atomic mass is 32.2. The summed E-state index contributed by atoms with van der Waals surface area (Å²) < 4.78 is 33.6. The van der Waals surface area contributed by atoms with Crippen molar-refractivity contribution < 1.29 is 17.9 Å². The summed E-state index contributed by atoms with van der Waals surface area (Å²) in [4.78, 5) is 0. The van der Waals surface area contributed by atoms with Gasteiger partial charge in [-0.15, -0.1) is 0 Å². The van der Waals surface area contributed by atoms with Crippen LogP contribution >= 0.6 is 0 Å². The summed E-state index contributed by atoms with van der Waals surface area (Å²) in [6, 6.07) is 5.36. The predicted octanol–water partition coefficient (Wildman–Crippen LogP) is 2.33. The number of hydrogen-bond donors (Lipinski definition) is 1. The van der Waals surface area contributed by atoms with Crippen molar-refractivity contribution in [1.82, 2.24) is 0 Å². The summed E-state index contributed by atoms with van der Waals surface area (Å²) in [5, 5.41) is 3.08. The van der Waals surface area contributed by atoms with E-state index >= 15 is 0 Å². The Hall–Kier alpha value is -1.43. The standard InChI is InChI=1S/C14H23NO4S/c1-14(2,3)20(16,17)7-6-15-11-8-12(18-4)10-13(9-11)19-5/h8-10,15H,6-7H2,1-5H3. The Morgan fingerprint density at radius 2 is 1.55 bits per heavy atom. The van der Waals surface area contributed by atoms with Gasteiger partial charge in [0.15, 0.2) is 9.84 Å². The van der Waals surface area contributed by atoms with Crippen molar-refractivity contribution in [3.05, 3.63) is 18.2 Å². The molecule has 0 aliphatic rings. The number of ether oxygens (including phenoxy) is 2. The molecule has 0 atom stereocenters. The number of benzene rings is 1. The van der Waals surface area contributed by atoms with Crippen LogP contribution in [-0.2, 0) is 9.84 Å². The zero-order valence-electron chi connectivity index (χ0n) is 12.7. The van der Waals surface area contributed by atoms with Crippen LogP contribution in [0.1, 0.15) is 20.8 Å². The average molecular weight is 301 g/mol. The molecule has 1 rings (SSSR count). The predicted molar refractivity (Wildman–Crippen MR) is 81.6 cm³/mol. The third kappa shape index (κ3) is 4.30. The first kappa shape index (κ1) is 16.6. The third-order valence-electron chi connectivity index (χ3n) is 2.98. The minimum Gasteiger partial charge on any atom is -0.497 e. The van der Waals surface area contributed by atoms with Crippen LogP contribution in [0, 0.1) is 0 Å². The van der Waals surface area contributed by atoms with Crippen molar-refractivity contribution in [1.29, 1.82) is 0 Å². The van der Waals surface area contributed by atoms with Gasteiger partial charge in [0.2, 0.25) is 0 Å². The molecule has 114 valence electrons. The minimum absolute atomic E-state index is 0.0794. The molecule has 0 heterocycles. The van der Waals surface area contributed by atoms with Crippen LogP contribution in [0.5, 0.6) is 11.5 Å². The quantitative estimate of drug-likeness (QED) is 0.873. The molecular weight excluding hydrogens is 278 g/mol. The maximum Gasteiger partial charge on any atom is 0.156 e. The van der Waals surface area contributed by atoms with Gasteiger partial charge in [-0.1, -0.05) is 0 Å². The number of hydrogen-bond acceptors (Lipinski definition) is 5. The molecule has 0 aliphatic heterocycles. The van der Waals surface area contributed by atoms with Crippen LogP contribution in [0.2, 0.25) is 0 Å². The molecule has 20 heavy (non-hydrogen) atoms. The lowest BCUT2D eigenvalue weighted by atomic mass is 10.2. The Labute approximate surface area is 121 Å². The molecule has 0 saturated heterocycles. The van der Waals surface area contributed by atoms with E-state index in [1.54, 1.807) is 53.2 Å². The van der Waals surface area contributed by atoms with Crippen molar-refractivity contribution >= 4 is 15.5 Å². The molecule has 0 radical (unpaired) electrons. The summed E-state index contributed by atoms with van der Waals surface area (Å²) in [5.74, 6) is 1.40. The first-order valence-corrected chi connectivity index (χ1v) is 8.04. The molecule has 1 aromatic rings. The van der Waals surface area contributed by atoms with Crippen molar-refractivity contribution in [3.8, 4) is 11.5 Å². The van der Waals surface area contributed by atoms with Gasteiger partial charge >= 0.3 is 0 Å². The molecule has 0 bridgehead atoms. The van der Waals surface area contributed by atoms with Gasteiger partial charge in [0.05, 0.1) is 24.7 Å². The van der Waals surface area contributed by atoms with Crippen LogP contribution in [0.3, 0.4) is 0 Å². The molecule has 0 unspecified atom stereocenters. The van der Waals surface area contributed by atoms with Gasteiger partial charge in [-0.3, -0.25) is 0 Å². The minimum atomic E-state index is -3.12. The molecule has 0 spiro atoms. The number of anilines is 1. The Morgan fingerprint density at radius 1 is 1.05 bits per heavy atom. The smallest absolute Gasteiger partial charge is 0.156 e. The fraction of sp³-hybridized carbons (Fsp3) is 0.571. The van der Waals surface area contributed by atoms with E-state index in [4.69, 9.17) is 9.47 Å². The maximum absolute atomic E-state index is 12.0. The van der Waals surface area contributed by atoms with Crippen LogP contribution in [0.15, 0.2) is 18.2 Å². The highest BCUT2D eigenvalue weighted by Gasteiger charge is 2.28. The van der Waals surface area contributed by atoms with Gasteiger partial charge in [0.25, 0.3) is 0 Å². The second-order valence-corrected chi connectivity index (χ2v) is 8.32. The first-order valence-electron chi connectivity index (χ1n) is 6.39. The highest BCUT2D eigenvalue weighted by Crippen LogP contribution is 2.25. The van der Waals surface area contributed by atoms with Gasteiger partial charge in [-0.25, -0.2) is 8.42 Å². The van der Waals surface area contributed by atoms with Crippen molar-refractivity contribution in [2.24, 2.45) is 0 Å². The Kier molecular flexibility index (Phi) is 5.28. The van der Waals surface area contributed by atoms with Gasteiger partial charge < -0.3 is 14.8 Å². The fourth-order valence-electron chi connectivity index (χ4n) is 1.55. The molecule has 0 saturated carbocycles. The summed E-state index contributed by atoms with van der Waals surface area (Å²) in [5.41, 5.74) is 0.769. The third-order valence-corrected chi connectivity index (χ3v) is 5.59. The molecule has 1 N–H and O–H groups in total. The van der Waals surface area contributed by atoms with Crippen LogP contribution in [-0.4, -0.2) is 39.7 Å². The van der Waals surface area contributed by atoms with Gasteiger partial charge in [-0.2, -0.15) is 0 Å². The normalized spacial score (nSPS) is 12.1. The zero-order valence-corrected chi connectivity index (χ0v) is 13.5. The van der Waals surface area contributed by atoms with Gasteiger partial charge in [0, 0.05) is 30.4 Å². The van der Waals surface area contributed by atoms with E-state index in [0.29, 0.717) is 18.0 Å². The summed E-state index contributed by atoms with van der Waals surface area (Å²) in [6.45, 7) is 5.46. The monoisotopic (exact) mass is 301 g/mol.